The van der Waals surface area contributed by atoms with Gasteiger partial charge in [0.25, 0.3) is 5.56 Å². The number of aromatic amines is 1. The molecular weight excluding hydrogens is 232 g/mol. The predicted octanol–water partition coefficient (Wildman–Crippen LogP) is 1.35. The number of Topliss-reactive ketones (excluding diaryl/α,β-unsaturated/α-hetero) is 1. The molecule has 1 aliphatic rings. The Hall–Kier alpha value is -1.65. The molecule has 0 saturated heterocycles. The lowest BCUT2D eigenvalue weighted by atomic mass is 10.0. The highest BCUT2D eigenvalue weighted by Crippen LogP contribution is 2.70. The van der Waals surface area contributed by atoms with Gasteiger partial charge in [0, 0.05) is 6.20 Å². The van der Waals surface area contributed by atoms with Crippen molar-refractivity contribution < 1.29 is 4.79 Å². The maximum atomic E-state index is 12.2. The van der Waals surface area contributed by atoms with E-state index in [1.807, 2.05) is 27.7 Å². The molecule has 1 aromatic rings. The summed E-state index contributed by atoms with van der Waals surface area (Å²) >= 11 is 0. The highest BCUT2D eigenvalue weighted by atomic mass is 16.2. The van der Waals surface area contributed by atoms with Gasteiger partial charge in [0.2, 0.25) is 0 Å². The number of nitrogens with zero attached hydrogens (tertiary/aromatic N) is 1. The van der Waals surface area contributed by atoms with Crippen LogP contribution in [0.15, 0.2) is 15.8 Å². The molecule has 1 aliphatic carbocycles. The van der Waals surface area contributed by atoms with Gasteiger partial charge >= 0.3 is 5.69 Å². The van der Waals surface area contributed by atoms with Gasteiger partial charge in [-0.3, -0.25) is 14.2 Å². The minimum atomic E-state index is -0.491. The van der Waals surface area contributed by atoms with Crippen LogP contribution < -0.4 is 11.2 Å². The number of carbonyl (C=O) groups is 1. The molecule has 18 heavy (non-hydrogen) atoms. The first-order valence-corrected chi connectivity index (χ1v) is 5.97. The van der Waals surface area contributed by atoms with Crippen LogP contribution in [-0.2, 0) is 0 Å². The van der Waals surface area contributed by atoms with E-state index >= 15 is 0 Å². The van der Waals surface area contributed by atoms with E-state index in [-0.39, 0.29) is 28.2 Å². The fraction of sp³-hybridized carbons (Fsp3) is 0.615. The van der Waals surface area contributed by atoms with Gasteiger partial charge in [-0.1, -0.05) is 27.7 Å². The van der Waals surface area contributed by atoms with Crippen LogP contribution in [-0.4, -0.2) is 15.3 Å². The van der Waals surface area contributed by atoms with Gasteiger partial charge in [-0.15, -0.1) is 0 Å². The van der Waals surface area contributed by atoms with Crippen molar-refractivity contribution in [3.63, 3.8) is 0 Å². The van der Waals surface area contributed by atoms with Crippen molar-refractivity contribution in [2.45, 2.75) is 40.7 Å². The normalized spacial score (nSPS) is 20.7. The van der Waals surface area contributed by atoms with Gasteiger partial charge in [0.1, 0.15) is 0 Å². The quantitative estimate of drug-likeness (QED) is 0.805. The number of hydrogen-bond acceptors (Lipinski definition) is 3. The molecule has 0 unspecified atom stereocenters. The zero-order valence-corrected chi connectivity index (χ0v) is 11.3. The number of nitrogens with one attached hydrogen (secondary N) is 1. The lowest BCUT2D eigenvalue weighted by Crippen LogP contribution is -2.38. The molecule has 2 rings (SSSR count). The number of H-pyrrole nitrogens is 1. The smallest absolute Gasteiger partial charge is 0.313 e. The summed E-state index contributed by atoms with van der Waals surface area (Å²) in [4.78, 5) is 37.9. The first kappa shape index (κ1) is 12.8. The molecule has 98 valence electrons. The second kappa shape index (κ2) is 3.43. The van der Waals surface area contributed by atoms with E-state index in [0.717, 1.165) is 0 Å². The minimum Gasteiger partial charge on any atom is -0.313 e. The van der Waals surface area contributed by atoms with E-state index in [1.165, 1.54) is 17.7 Å². The van der Waals surface area contributed by atoms with E-state index in [4.69, 9.17) is 0 Å². The van der Waals surface area contributed by atoms with Crippen LogP contribution in [0.3, 0.4) is 0 Å². The average Bonchev–Trinajstić information content (AvgIpc) is 2.60. The topological polar surface area (TPSA) is 71.9 Å². The fourth-order valence-corrected chi connectivity index (χ4v) is 2.78. The average molecular weight is 250 g/mol. The SMILES string of the molecule is CC(=O)c1c[nH]c(=O)n(C2C(C)(C)C2(C)C)c1=O. The predicted molar refractivity (Wildman–Crippen MR) is 67.9 cm³/mol. The van der Waals surface area contributed by atoms with Crippen LogP contribution in [0.25, 0.3) is 0 Å². The van der Waals surface area contributed by atoms with Gasteiger partial charge in [-0.2, -0.15) is 0 Å². The lowest BCUT2D eigenvalue weighted by molar-refractivity contribution is 0.101. The second-order valence-electron chi connectivity index (χ2n) is 6.08. The Balaban J connectivity index is 2.68. The second-order valence-corrected chi connectivity index (χ2v) is 6.08. The summed E-state index contributed by atoms with van der Waals surface area (Å²) in [5.41, 5.74) is -1.19. The monoisotopic (exact) mass is 250 g/mol. The Morgan fingerprint density at radius 1 is 1.22 bits per heavy atom. The molecule has 5 heteroatoms. The van der Waals surface area contributed by atoms with Gasteiger partial charge < -0.3 is 4.98 Å². The van der Waals surface area contributed by atoms with Crippen LogP contribution in [0.4, 0.5) is 0 Å². The number of ketones is 1. The summed E-state index contributed by atoms with van der Waals surface area (Å²) in [5.74, 6) is -0.332. The number of carbonyl (C=O) groups excluding carboxylic acids is 1. The zero-order valence-electron chi connectivity index (χ0n) is 11.3. The van der Waals surface area contributed by atoms with Crippen molar-refractivity contribution >= 4 is 5.78 Å². The maximum absolute atomic E-state index is 12.2. The van der Waals surface area contributed by atoms with Crippen molar-refractivity contribution in [2.24, 2.45) is 10.8 Å². The highest BCUT2D eigenvalue weighted by Gasteiger charge is 2.66. The van der Waals surface area contributed by atoms with E-state index in [9.17, 15) is 14.4 Å². The van der Waals surface area contributed by atoms with Crippen molar-refractivity contribution in [2.75, 3.05) is 0 Å². The standard InChI is InChI=1S/C13H18N2O3/c1-7(16)8-6-14-11(18)15(9(8)17)10-12(2,3)13(10,4)5/h6,10H,1-5H3,(H,14,18). The maximum Gasteiger partial charge on any atom is 0.328 e. The third kappa shape index (κ3) is 1.43. The van der Waals surface area contributed by atoms with Crippen LogP contribution in [0.5, 0.6) is 0 Å². The summed E-state index contributed by atoms with van der Waals surface area (Å²) < 4.78 is 1.19. The minimum absolute atomic E-state index is 0.0353. The van der Waals surface area contributed by atoms with Gasteiger partial charge in [-0.05, 0) is 17.8 Å². The van der Waals surface area contributed by atoms with Gasteiger partial charge in [0.15, 0.2) is 5.78 Å². The van der Waals surface area contributed by atoms with Crippen molar-refractivity contribution in [1.29, 1.82) is 0 Å². The summed E-state index contributed by atoms with van der Waals surface area (Å²) in [5, 5.41) is 0. The molecule has 0 aliphatic heterocycles. The molecule has 5 nitrogen and oxygen atoms in total. The number of rotatable bonds is 2. The van der Waals surface area contributed by atoms with Crippen molar-refractivity contribution in [3.05, 3.63) is 32.6 Å². The van der Waals surface area contributed by atoms with Crippen molar-refractivity contribution in [1.82, 2.24) is 9.55 Å². The number of aromatic nitrogens is 2. The Kier molecular flexibility index (Phi) is 2.44. The Morgan fingerprint density at radius 2 is 1.72 bits per heavy atom. The molecule has 0 aromatic carbocycles. The summed E-state index contributed by atoms with van der Waals surface area (Å²) in [6.45, 7) is 9.39. The fourth-order valence-electron chi connectivity index (χ4n) is 2.78. The molecule has 1 aromatic heterocycles. The van der Waals surface area contributed by atoms with Gasteiger partial charge in [0.05, 0.1) is 11.6 Å². The third-order valence-corrected chi connectivity index (χ3v) is 4.59. The molecule has 1 heterocycles. The van der Waals surface area contributed by atoms with Crippen LogP contribution >= 0.6 is 0 Å². The molecule has 1 N–H and O–H groups in total. The Morgan fingerprint density at radius 3 is 2.11 bits per heavy atom. The molecule has 0 spiro atoms. The molecule has 0 bridgehead atoms. The van der Waals surface area contributed by atoms with Crippen LogP contribution in [0, 0.1) is 10.8 Å². The van der Waals surface area contributed by atoms with E-state index in [1.54, 1.807) is 0 Å². The summed E-state index contributed by atoms with van der Waals surface area (Å²) in [6, 6.07) is -0.180. The van der Waals surface area contributed by atoms with E-state index in [0.29, 0.717) is 0 Å². The highest BCUT2D eigenvalue weighted by molar-refractivity contribution is 5.93. The van der Waals surface area contributed by atoms with Crippen LogP contribution in [0.2, 0.25) is 0 Å². The third-order valence-electron chi connectivity index (χ3n) is 4.59. The first-order chi connectivity index (χ1) is 8.12. The zero-order chi connectivity index (χ0) is 13.9. The summed E-state index contributed by atoms with van der Waals surface area (Å²) in [7, 11) is 0. The Bertz CT molecular complexity index is 620. The van der Waals surface area contributed by atoms with E-state index in [2.05, 4.69) is 4.98 Å². The largest absolute Gasteiger partial charge is 0.328 e. The Labute approximate surface area is 105 Å². The van der Waals surface area contributed by atoms with Gasteiger partial charge in [-0.25, -0.2) is 4.79 Å². The lowest BCUT2D eigenvalue weighted by Gasteiger charge is -2.07. The van der Waals surface area contributed by atoms with Crippen molar-refractivity contribution in [3.8, 4) is 0 Å². The molecule has 0 radical (unpaired) electrons. The van der Waals surface area contributed by atoms with E-state index < -0.39 is 11.2 Å². The molecular formula is C13H18N2O3. The first-order valence-electron chi connectivity index (χ1n) is 5.97. The molecule has 0 atom stereocenters. The van der Waals surface area contributed by atoms with Crippen LogP contribution in [0.1, 0.15) is 51.0 Å². The number of hydrogen-bond donors (Lipinski definition) is 1. The molecule has 1 saturated carbocycles. The molecule has 1 fully saturated rings. The molecule has 0 amide bonds. The summed E-state index contributed by atoms with van der Waals surface area (Å²) in [6.07, 6.45) is 1.20.